The van der Waals surface area contributed by atoms with Gasteiger partial charge in [0.05, 0.1) is 13.7 Å². The minimum absolute atomic E-state index is 0.320. The Kier molecular flexibility index (Phi) is 4.82. The zero-order chi connectivity index (χ0) is 12.1. The zero-order valence-corrected chi connectivity index (χ0v) is 10.8. The Balaban J connectivity index is 2.78. The number of nitrogens with zero attached hydrogens (tertiary/aromatic N) is 3. The average Bonchev–Trinajstić information content (AvgIpc) is 2.30. The van der Waals surface area contributed by atoms with Crippen LogP contribution in [0.3, 0.4) is 0 Å². The maximum Gasteiger partial charge on any atom is 0.409 e. The number of ether oxygens (including phenoxy) is 1. The van der Waals surface area contributed by atoms with Gasteiger partial charge in [0, 0.05) is 18.8 Å². The fourth-order valence-corrected chi connectivity index (χ4v) is 1.63. The van der Waals surface area contributed by atoms with Gasteiger partial charge in [-0.2, -0.15) is 0 Å². The van der Waals surface area contributed by atoms with Gasteiger partial charge >= 0.3 is 6.09 Å². The summed E-state index contributed by atoms with van der Waals surface area (Å²) in [5.74, 6) is 0. The van der Waals surface area contributed by atoms with Crippen molar-refractivity contribution < 1.29 is 9.53 Å². The van der Waals surface area contributed by atoms with Crippen LogP contribution >= 0.6 is 23.4 Å². The zero-order valence-electron chi connectivity index (χ0n) is 9.23. The molecule has 0 spiro atoms. The molecule has 0 atom stereocenters. The van der Waals surface area contributed by atoms with Crippen LogP contribution in [0.1, 0.15) is 5.56 Å². The third-order valence-electron chi connectivity index (χ3n) is 1.87. The third kappa shape index (κ3) is 3.24. The summed E-state index contributed by atoms with van der Waals surface area (Å²) >= 11 is 7.37. The van der Waals surface area contributed by atoms with Gasteiger partial charge in [0.1, 0.15) is 5.15 Å². The lowest BCUT2D eigenvalue weighted by atomic mass is 10.3. The van der Waals surface area contributed by atoms with Crippen molar-refractivity contribution in [1.82, 2.24) is 14.9 Å². The van der Waals surface area contributed by atoms with Gasteiger partial charge in [-0.3, -0.25) is 0 Å². The first-order valence-corrected chi connectivity index (χ1v) is 6.03. The van der Waals surface area contributed by atoms with Crippen LogP contribution in [-0.2, 0) is 11.3 Å². The number of aromatic nitrogens is 2. The highest BCUT2D eigenvalue weighted by molar-refractivity contribution is 7.98. The first-order valence-electron chi connectivity index (χ1n) is 4.43. The molecule has 0 aliphatic rings. The highest BCUT2D eigenvalue weighted by atomic mass is 35.5. The van der Waals surface area contributed by atoms with Gasteiger partial charge in [-0.25, -0.2) is 14.8 Å². The standard InChI is InChI=1S/C9H12ClN3O2S/c1-13(9(14)15-2)5-6-4-11-8(16-3)12-7(6)10/h4H,5H2,1-3H3. The molecule has 0 aliphatic heterocycles. The number of amides is 1. The van der Waals surface area contributed by atoms with Crippen molar-refractivity contribution in [2.75, 3.05) is 20.4 Å². The quantitative estimate of drug-likeness (QED) is 0.474. The van der Waals surface area contributed by atoms with Crippen molar-refractivity contribution in [3.8, 4) is 0 Å². The number of halogens is 1. The van der Waals surface area contributed by atoms with Gasteiger partial charge < -0.3 is 9.64 Å². The Bertz CT molecular complexity index is 389. The predicted molar refractivity (Wildman–Crippen MR) is 62.7 cm³/mol. The van der Waals surface area contributed by atoms with Crippen molar-refractivity contribution in [2.45, 2.75) is 11.7 Å². The lowest BCUT2D eigenvalue weighted by molar-refractivity contribution is 0.131. The molecule has 0 N–H and O–H groups in total. The molecule has 7 heteroatoms. The van der Waals surface area contributed by atoms with Gasteiger partial charge in [0.25, 0.3) is 0 Å². The Morgan fingerprint density at radius 2 is 2.38 bits per heavy atom. The molecule has 0 unspecified atom stereocenters. The molecule has 0 radical (unpaired) electrons. The van der Waals surface area contributed by atoms with E-state index < -0.39 is 6.09 Å². The number of hydrogen-bond acceptors (Lipinski definition) is 5. The normalized spacial score (nSPS) is 10.0. The molecule has 0 saturated heterocycles. The summed E-state index contributed by atoms with van der Waals surface area (Å²) in [6.07, 6.45) is 3.05. The third-order valence-corrected chi connectivity index (χ3v) is 2.76. The van der Waals surface area contributed by atoms with Gasteiger partial charge in [0.2, 0.25) is 0 Å². The summed E-state index contributed by atoms with van der Waals surface area (Å²) in [6.45, 7) is 0.320. The van der Waals surface area contributed by atoms with E-state index in [1.54, 1.807) is 13.2 Å². The van der Waals surface area contributed by atoms with Crippen LogP contribution in [0.4, 0.5) is 4.79 Å². The molecule has 0 bridgehead atoms. The van der Waals surface area contributed by atoms with E-state index in [4.69, 9.17) is 11.6 Å². The first-order chi connectivity index (χ1) is 7.58. The molecule has 0 aliphatic carbocycles. The summed E-state index contributed by atoms with van der Waals surface area (Å²) in [7, 11) is 2.94. The van der Waals surface area contributed by atoms with Crippen molar-refractivity contribution in [3.05, 3.63) is 16.9 Å². The lowest BCUT2D eigenvalue weighted by Gasteiger charge is -2.15. The van der Waals surface area contributed by atoms with E-state index in [2.05, 4.69) is 14.7 Å². The molecule has 1 amide bonds. The highest BCUT2D eigenvalue weighted by Gasteiger charge is 2.12. The van der Waals surface area contributed by atoms with Gasteiger partial charge in [0.15, 0.2) is 5.16 Å². The van der Waals surface area contributed by atoms with Gasteiger partial charge in [-0.15, -0.1) is 0 Å². The van der Waals surface area contributed by atoms with Crippen LogP contribution in [0.15, 0.2) is 11.4 Å². The number of rotatable bonds is 3. The fourth-order valence-electron chi connectivity index (χ4n) is 1.05. The summed E-state index contributed by atoms with van der Waals surface area (Å²) in [5.41, 5.74) is 0.687. The number of hydrogen-bond donors (Lipinski definition) is 0. The van der Waals surface area contributed by atoms with Crippen LogP contribution in [-0.4, -0.2) is 41.4 Å². The van der Waals surface area contributed by atoms with E-state index in [9.17, 15) is 4.79 Å². The lowest BCUT2D eigenvalue weighted by Crippen LogP contribution is -2.26. The van der Waals surface area contributed by atoms with Crippen molar-refractivity contribution in [2.24, 2.45) is 0 Å². The largest absolute Gasteiger partial charge is 0.453 e. The molecule has 0 saturated carbocycles. The first kappa shape index (κ1) is 13.1. The molecule has 1 heterocycles. The van der Waals surface area contributed by atoms with Crippen molar-refractivity contribution >= 4 is 29.5 Å². The van der Waals surface area contributed by atoms with Gasteiger partial charge in [-0.1, -0.05) is 23.4 Å². The highest BCUT2D eigenvalue weighted by Crippen LogP contribution is 2.17. The van der Waals surface area contributed by atoms with Crippen molar-refractivity contribution in [1.29, 1.82) is 0 Å². The molecule has 1 rings (SSSR count). The van der Waals surface area contributed by atoms with E-state index in [1.807, 2.05) is 6.26 Å². The topological polar surface area (TPSA) is 55.3 Å². The van der Waals surface area contributed by atoms with Crippen LogP contribution in [0.2, 0.25) is 5.15 Å². The Morgan fingerprint density at radius 3 is 2.88 bits per heavy atom. The van der Waals surface area contributed by atoms with Gasteiger partial charge in [-0.05, 0) is 6.26 Å². The average molecular weight is 262 g/mol. The number of methoxy groups -OCH3 is 1. The summed E-state index contributed by atoms with van der Waals surface area (Å²) in [6, 6.07) is 0. The summed E-state index contributed by atoms with van der Waals surface area (Å²) < 4.78 is 4.57. The van der Waals surface area contributed by atoms with Crippen LogP contribution in [0.5, 0.6) is 0 Å². The van der Waals surface area contributed by atoms with Crippen LogP contribution < -0.4 is 0 Å². The summed E-state index contributed by atoms with van der Waals surface area (Å²) in [4.78, 5) is 20.7. The smallest absolute Gasteiger partial charge is 0.409 e. The second kappa shape index (κ2) is 5.91. The van der Waals surface area contributed by atoms with E-state index in [1.165, 1.54) is 23.8 Å². The van der Waals surface area contributed by atoms with E-state index in [-0.39, 0.29) is 0 Å². The SMILES string of the molecule is COC(=O)N(C)Cc1cnc(SC)nc1Cl. The Hall–Kier alpha value is -1.01. The minimum Gasteiger partial charge on any atom is -0.453 e. The predicted octanol–water partition coefficient (Wildman–Crippen LogP) is 2.05. The molecule has 5 nitrogen and oxygen atoms in total. The monoisotopic (exact) mass is 261 g/mol. The van der Waals surface area contributed by atoms with Crippen LogP contribution in [0, 0.1) is 0 Å². The second-order valence-electron chi connectivity index (χ2n) is 3.00. The fraction of sp³-hybridized carbons (Fsp3) is 0.444. The van der Waals surface area contributed by atoms with E-state index in [0.29, 0.717) is 22.4 Å². The molecule has 88 valence electrons. The maximum absolute atomic E-state index is 11.2. The van der Waals surface area contributed by atoms with Crippen LogP contribution in [0.25, 0.3) is 0 Å². The van der Waals surface area contributed by atoms with Crippen molar-refractivity contribution in [3.63, 3.8) is 0 Å². The molecule has 1 aromatic heterocycles. The number of carbonyl (C=O) groups excluding carboxylic acids is 1. The molecule has 0 aromatic carbocycles. The molecular formula is C9H12ClN3O2S. The van der Waals surface area contributed by atoms with E-state index in [0.717, 1.165) is 0 Å². The number of thioether (sulfide) groups is 1. The Labute approximate surface area is 103 Å². The molecule has 1 aromatic rings. The Morgan fingerprint density at radius 1 is 1.69 bits per heavy atom. The number of carbonyl (C=O) groups is 1. The van der Waals surface area contributed by atoms with E-state index >= 15 is 0 Å². The summed E-state index contributed by atoms with van der Waals surface area (Å²) in [5, 5.41) is 0.963. The second-order valence-corrected chi connectivity index (χ2v) is 4.13. The molecule has 16 heavy (non-hydrogen) atoms. The molecular weight excluding hydrogens is 250 g/mol. The molecule has 0 fully saturated rings. The maximum atomic E-state index is 11.2. The minimum atomic E-state index is -0.426.